The van der Waals surface area contributed by atoms with Crippen LogP contribution >= 0.6 is 0 Å². The Morgan fingerprint density at radius 2 is 2.11 bits per heavy atom. The van der Waals surface area contributed by atoms with Crippen molar-refractivity contribution in [3.63, 3.8) is 0 Å². The number of hydrogen-bond acceptors (Lipinski definition) is 5. The lowest BCUT2D eigenvalue weighted by Crippen LogP contribution is -2.45. The van der Waals surface area contributed by atoms with Gasteiger partial charge in [0.05, 0.1) is 42.4 Å². The number of aryl methyl sites for hydroxylation is 1. The van der Waals surface area contributed by atoms with Crippen LogP contribution in [-0.2, 0) is 11.2 Å². The predicted octanol–water partition coefficient (Wildman–Crippen LogP) is 3.77. The third-order valence-corrected chi connectivity index (χ3v) is 5.96. The first-order valence-corrected chi connectivity index (χ1v) is 10.9. The summed E-state index contributed by atoms with van der Waals surface area (Å²) in [4.78, 5) is 23.9. The normalized spacial score (nSPS) is 15.9. The lowest BCUT2D eigenvalue weighted by molar-refractivity contribution is -0.0214. The van der Waals surface area contributed by atoms with Crippen molar-refractivity contribution in [3.05, 3.63) is 65.2 Å². The van der Waals surface area contributed by atoms with Crippen LogP contribution in [0, 0.1) is 29.9 Å². The molecule has 1 fully saturated rings. The molecule has 0 saturated carbocycles. The van der Waals surface area contributed by atoms with Gasteiger partial charge in [0.25, 0.3) is 0 Å². The fraction of sp³-hybridized carbons (Fsp3) is 0.250. The van der Waals surface area contributed by atoms with Gasteiger partial charge in [0.1, 0.15) is 34.9 Å². The van der Waals surface area contributed by atoms with Crippen LogP contribution in [0.1, 0.15) is 17.0 Å². The van der Waals surface area contributed by atoms with E-state index in [0.717, 1.165) is 17.7 Å². The number of carbonyl (C=O) groups is 1. The fourth-order valence-corrected chi connectivity index (χ4v) is 4.29. The molecule has 4 aromatic rings. The minimum absolute atomic E-state index is 0.116. The highest BCUT2D eigenvalue weighted by Gasteiger charge is 2.28. The summed E-state index contributed by atoms with van der Waals surface area (Å²) < 4.78 is 38.3. The molecule has 11 heteroatoms. The van der Waals surface area contributed by atoms with Crippen LogP contribution in [-0.4, -0.2) is 61.3 Å². The molecule has 1 amide bonds. The maximum absolute atomic E-state index is 15.4. The Bertz CT molecular complexity index is 1470. The maximum atomic E-state index is 15.4. The van der Waals surface area contributed by atoms with E-state index in [1.807, 2.05) is 19.1 Å². The number of aromatic nitrogens is 4. The summed E-state index contributed by atoms with van der Waals surface area (Å²) >= 11 is 0. The monoisotopic (exact) mass is 478 g/mol. The SMILES string of the molecule is Cc1ccn2c(C[C@H]3CN(C(=O)O)CCO3)c(-c3c(F)cc(-c4ncc(C#N)[nH]4)cc3F)nc2c1. The van der Waals surface area contributed by atoms with Gasteiger partial charge in [-0.05, 0) is 36.8 Å². The van der Waals surface area contributed by atoms with E-state index in [-0.39, 0.29) is 54.5 Å². The molecule has 0 aliphatic carbocycles. The Hall–Kier alpha value is -4.30. The van der Waals surface area contributed by atoms with Crippen molar-refractivity contribution in [1.82, 2.24) is 24.3 Å². The fourth-order valence-electron chi connectivity index (χ4n) is 4.29. The zero-order valence-electron chi connectivity index (χ0n) is 18.6. The summed E-state index contributed by atoms with van der Waals surface area (Å²) in [5, 5.41) is 18.3. The number of hydrogen-bond donors (Lipinski definition) is 2. The van der Waals surface area contributed by atoms with Crippen LogP contribution < -0.4 is 0 Å². The standard InChI is InChI=1S/C24H20F2N6O3/c1-13-2-3-32-19(9-16-12-31(24(33)34)4-5-35-16)22(30-20(32)6-13)21-17(25)7-14(8-18(21)26)23-28-11-15(10-27)29-23/h2-3,6-8,11,16H,4-5,9,12H2,1H3,(H,28,29)(H,33,34)/t16-/m0/s1. The molecule has 1 aliphatic rings. The number of aromatic amines is 1. The molecule has 1 saturated heterocycles. The topological polar surface area (TPSA) is 120 Å². The molecule has 35 heavy (non-hydrogen) atoms. The summed E-state index contributed by atoms with van der Waals surface area (Å²) in [6.07, 6.45) is 1.71. The molecule has 0 spiro atoms. The third-order valence-electron chi connectivity index (χ3n) is 5.96. The number of ether oxygens (including phenoxy) is 1. The van der Waals surface area contributed by atoms with Gasteiger partial charge in [-0.1, -0.05) is 0 Å². The smallest absolute Gasteiger partial charge is 0.407 e. The van der Waals surface area contributed by atoms with E-state index >= 15 is 8.78 Å². The van der Waals surface area contributed by atoms with Gasteiger partial charge in [0.15, 0.2) is 0 Å². The Labute approximate surface area is 198 Å². The Balaban J connectivity index is 1.60. The molecule has 1 aliphatic heterocycles. The number of imidazole rings is 2. The van der Waals surface area contributed by atoms with E-state index in [1.54, 1.807) is 16.7 Å². The van der Waals surface area contributed by atoms with Crippen LogP contribution in [0.2, 0.25) is 0 Å². The average Bonchev–Trinajstić information content (AvgIpc) is 3.44. The molecule has 5 rings (SSSR count). The number of carboxylic acid groups (broad SMARTS) is 1. The first-order chi connectivity index (χ1) is 16.8. The van der Waals surface area contributed by atoms with Crippen LogP contribution in [0.25, 0.3) is 28.3 Å². The van der Waals surface area contributed by atoms with E-state index < -0.39 is 23.8 Å². The molecule has 4 heterocycles. The Morgan fingerprint density at radius 1 is 1.34 bits per heavy atom. The highest BCUT2D eigenvalue weighted by molar-refractivity contribution is 5.71. The highest BCUT2D eigenvalue weighted by atomic mass is 19.1. The Kier molecular flexibility index (Phi) is 5.66. The van der Waals surface area contributed by atoms with Crippen molar-refractivity contribution in [2.24, 2.45) is 0 Å². The minimum atomic E-state index is -1.04. The van der Waals surface area contributed by atoms with Crippen LogP contribution in [0.15, 0.2) is 36.7 Å². The van der Waals surface area contributed by atoms with Crippen LogP contribution in [0.3, 0.4) is 0 Å². The van der Waals surface area contributed by atoms with Gasteiger partial charge in [0, 0.05) is 24.7 Å². The molecule has 9 nitrogen and oxygen atoms in total. The van der Waals surface area contributed by atoms with E-state index in [9.17, 15) is 9.90 Å². The number of nitrogens with one attached hydrogen (secondary N) is 1. The highest BCUT2D eigenvalue weighted by Crippen LogP contribution is 2.33. The van der Waals surface area contributed by atoms with Crippen molar-refractivity contribution in [3.8, 4) is 28.7 Å². The number of amides is 1. The van der Waals surface area contributed by atoms with Gasteiger partial charge < -0.3 is 24.1 Å². The molecule has 2 N–H and O–H groups in total. The second-order valence-electron chi connectivity index (χ2n) is 8.34. The zero-order chi connectivity index (χ0) is 24.7. The van der Waals surface area contributed by atoms with Crippen LogP contribution in [0.5, 0.6) is 0 Å². The summed E-state index contributed by atoms with van der Waals surface area (Å²) in [6, 6.07) is 7.82. The van der Waals surface area contributed by atoms with Gasteiger partial charge >= 0.3 is 6.09 Å². The lowest BCUT2D eigenvalue weighted by Gasteiger charge is -2.31. The van der Waals surface area contributed by atoms with Gasteiger partial charge in [0.2, 0.25) is 0 Å². The molecule has 0 bridgehead atoms. The largest absolute Gasteiger partial charge is 0.465 e. The predicted molar refractivity (Wildman–Crippen MR) is 121 cm³/mol. The van der Waals surface area contributed by atoms with Crippen molar-refractivity contribution in [2.45, 2.75) is 19.4 Å². The van der Waals surface area contributed by atoms with Gasteiger partial charge in [-0.2, -0.15) is 5.26 Å². The number of pyridine rings is 1. The van der Waals surface area contributed by atoms with E-state index in [2.05, 4.69) is 15.0 Å². The number of benzene rings is 1. The number of rotatable bonds is 4. The van der Waals surface area contributed by atoms with Crippen LogP contribution in [0.4, 0.5) is 13.6 Å². The number of H-pyrrole nitrogens is 1. The quantitative estimate of drug-likeness (QED) is 0.461. The third kappa shape index (κ3) is 4.20. The summed E-state index contributed by atoms with van der Waals surface area (Å²) in [5.74, 6) is -1.51. The molecule has 3 aromatic heterocycles. The first kappa shape index (κ1) is 22.5. The summed E-state index contributed by atoms with van der Waals surface area (Å²) in [6.45, 7) is 2.51. The number of fused-ring (bicyclic) bond motifs is 1. The molecular weight excluding hydrogens is 458 g/mol. The van der Waals surface area contributed by atoms with Gasteiger partial charge in [-0.15, -0.1) is 0 Å². The molecule has 0 unspecified atom stereocenters. The maximum Gasteiger partial charge on any atom is 0.407 e. The second kappa shape index (κ2) is 8.81. The van der Waals surface area contributed by atoms with Crippen molar-refractivity contribution in [1.29, 1.82) is 5.26 Å². The van der Waals surface area contributed by atoms with E-state index in [4.69, 9.17) is 10.00 Å². The number of nitrogens with zero attached hydrogens (tertiary/aromatic N) is 5. The first-order valence-electron chi connectivity index (χ1n) is 10.9. The van der Waals surface area contributed by atoms with Gasteiger partial charge in [-0.3, -0.25) is 0 Å². The molecule has 178 valence electrons. The number of nitriles is 1. The molecule has 0 radical (unpaired) electrons. The van der Waals surface area contributed by atoms with Crippen molar-refractivity contribution < 1.29 is 23.4 Å². The Morgan fingerprint density at radius 3 is 2.80 bits per heavy atom. The van der Waals surface area contributed by atoms with E-state index in [0.29, 0.717) is 11.3 Å². The average molecular weight is 478 g/mol. The minimum Gasteiger partial charge on any atom is -0.465 e. The second-order valence-corrected chi connectivity index (χ2v) is 8.34. The molecule has 1 atom stereocenters. The van der Waals surface area contributed by atoms with Gasteiger partial charge in [-0.25, -0.2) is 23.5 Å². The molecule has 1 aromatic carbocycles. The zero-order valence-corrected chi connectivity index (χ0v) is 18.6. The number of morpholine rings is 1. The molecular formula is C24H20F2N6O3. The number of halogens is 2. The lowest BCUT2D eigenvalue weighted by atomic mass is 10.0. The summed E-state index contributed by atoms with van der Waals surface area (Å²) in [5.41, 5.74) is 2.08. The summed E-state index contributed by atoms with van der Waals surface area (Å²) in [7, 11) is 0. The van der Waals surface area contributed by atoms with E-state index in [1.165, 1.54) is 11.1 Å². The van der Waals surface area contributed by atoms with Crippen molar-refractivity contribution in [2.75, 3.05) is 19.7 Å². The van der Waals surface area contributed by atoms with Crippen molar-refractivity contribution >= 4 is 11.7 Å².